The summed E-state index contributed by atoms with van der Waals surface area (Å²) in [5, 5.41) is 27.7. The molecule has 0 bridgehead atoms. The summed E-state index contributed by atoms with van der Waals surface area (Å²) < 4.78 is 13.0. The first-order valence-electron chi connectivity index (χ1n) is 4.78. The van der Waals surface area contributed by atoms with Crippen LogP contribution in [0.25, 0.3) is 0 Å². The lowest BCUT2D eigenvalue weighted by Gasteiger charge is -2.19. The molecule has 0 aliphatic carbocycles. The lowest BCUT2D eigenvalue weighted by Crippen LogP contribution is -2.21. The first kappa shape index (κ1) is 12.7. The molecule has 0 saturated heterocycles. The quantitative estimate of drug-likeness (QED) is 0.458. The lowest BCUT2D eigenvalue weighted by atomic mass is 9.99. The fourth-order valence-electron chi connectivity index (χ4n) is 1.40. The van der Waals surface area contributed by atoms with Gasteiger partial charge in [0, 0.05) is 12.2 Å². The van der Waals surface area contributed by atoms with E-state index in [-0.39, 0.29) is 30.0 Å². The van der Waals surface area contributed by atoms with Crippen molar-refractivity contribution in [3.8, 4) is 0 Å². The highest BCUT2D eigenvalue weighted by Gasteiger charge is 2.21. The molecule has 2 unspecified atom stereocenters. The number of hydrogen-bond donors (Lipinski definition) is 5. The molecule has 5 nitrogen and oxygen atoms in total. The largest absolute Gasteiger partial charge is 0.397 e. The van der Waals surface area contributed by atoms with Crippen LogP contribution in [0, 0.1) is 5.82 Å². The third-order valence-electron chi connectivity index (χ3n) is 2.32. The number of halogens is 1. The Balaban J connectivity index is 3.03. The molecule has 0 heterocycles. The van der Waals surface area contributed by atoms with Crippen molar-refractivity contribution in [3.05, 3.63) is 23.5 Å². The first-order chi connectivity index (χ1) is 7.47. The van der Waals surface area contributed by atoms with Gasteiger partial charge < -0.3 is 26.8 Å². The van der Waals surface area contributed by atoms with Crippen LogP contribution < -0.4 is 11.5 Å². The van der Waals surface area contributed by atoms with Crippen LogP contribution in [0.4, 0.5) is 15.8 Å². The van der Waals surface area contributed by atoms with Crippen LogP contribution in [0.15, 0.2) is 12.1 Å². The summed E-state index contributed by atoms with van der Waals surface area (Å²) in [4.78, 5) is 0. The van der Waals surface area contributed by atoms with E-state index >= 15 is 0 Å². The standard InChI is InChI=1S/C10H15FN2O3/c11-5-3-6(9(13)7(12)4-5)10(16)8(15)1-2-14/h3-4,8,10,14-16H,1-2,12-13H2. The van der Waals surface area contributed by atoms with Crippen molar-refractivity contribution >= 4 is 11.4 Å². The van der Waals surface area contributed by atoms with E-state index < -0.39 is 18.0 Å². The molecule has 90 valence electrons. The van der Waals surface area contributed by atoms with Gasteiger partial charge in [-0.1, -0.05) is 0 Å². The number of hydrogen-bond acceptors (Lipinski definition) is 5. The smallest absolute Gasteiger partial charge is 0.125 e. The molecule has 0 amide bonds. The summed E-state index contributed by atoms with van der Waals surface area (Å²) >= 11 is 0. The van der Waals surface area contributed by atoms with Crippen LogP contribution in [-0.2, 0) is 0 Å². The maximum Gasteiger partial charge on any atom is 0.125 e. The van der Waals surface area contributed by atoms with Crippen LogP contribution in [0.5, 0.6) is 0 Å². The van der Waals surface area contributed by atoms with Gasteiger partial charge in [-0.05, 0) is 18.6 Å². The zero-order valence-corrected chi connectivity index (χ0v) is 8.60. The summed E-state index contributed by atoms with van der Waals surface area (Å²) in [5.74, 6) is -0.642. The van der Waals surface area contributed by atoms with Crippen LogP contribution in [-0.4, -0.2) is 28.0 Å². The number of rotatable bonds is 4. The molecule has 0 saturated carbocycles. The van der Waals surface area contributed by atoms with Gasteiger partial charge in [0.05, 0.1) is 17.5 Å². The van der Waals surface area contributed by atoms with Gasteiger partial charge in [-0.25, -0.2) is 4.39 Å². The van der Waals surface area contributed by atoms with Crippen LogP contribution in [0.1, 0.15) is 18.1 Å². The normalized spacial score (nSPS) is 14.8. The number of nitrogens with two attached hydrogens (primary N) is 2. The summed E-state index contributed by atoms with van der Waals surface area (Å²) in [6.07, 6.45) is -2.62. The maximum absolute atomic E-state index is 13.0. The molecule has 0 aliphatic heterocycles. The molecular formula is C10H15FN2O3. The molecule has 0 spiro atoms. The molecule has 0 aliphatic rings. The van der Waals surface area contributed by atoms with E-state index in [1.807, 2.05) is 0 Å². The molecule has 2 atom stereocenters. The maximum atomic E-state index is 13.0. The van der Waals surface area contributed by atoms with E-state index in [1.165, 1.54) is 0 Å². The second-order valence-electron chi connectivity index (χ2n) is 3.52. The summed E-state index contributed by atoms with van der Waals surface area (Å²) in [7, 11) is 0. The zero-order chi connectivity index (χ0) is 12.3. The summed E-state index contributed by atoms with van der Waals surface area (Å²) in [6, 6.07) is 2.04. The highest BCUT2D eigenvalue weighted by atomic mass is 19.1. The van der Waals surface area contributed by atoms with E-state index in [4.69, 9.17) is 16.6 Å². The Hall–Kier alpha value is -1.37. The van der Waals surface area contributed by atoms with Gasteiger partial charge >= 0.3 is 0 Å². The Kier molecular flexibility index (Phi) is 4.05. The average molecular weight is 230 g/mol. The minimum atomic E-state index is -1.37. The van der Waals surface area contributed by atoms with Crippen molar-refractivity contribution in [1.82, 2.24) is 0 Å². The van der Waals surface area contributed by atoms with E-state index in [9.17, 15) is 14.6 Å². The van der Waals surface area contributed by atoms with Crippen molar-refractivity contribution in [1.29, 1.82) is 0 Å². The molecule has 1 aromatic carbocycles. The third-order valence-corrected chi connectivity index (χ3v) is 2.32. The molecule has 1 rings (SSSR count). The van der Waals surface area contributed by atoms with Gasteiger partial charge in [-0.15, -0.1) is 0 Å². The minimum Gasteiger partial charge on any atom is -0.397 e. The fourth-order valence-corrected chi connectivity index (χ4v) is 1.40. The molecule has 1 aromatic rings. The SMILES string of the molecule is Nc1cc(F)cc(C(O)C(O)CCO)c1N. The predicted molar refractivity (Wildman–Crippen MR) is 57.9 cm³/mol. The van der Waals surface area contributed by atoms with Gasteiger partial charge in [0.25, 0.3) is 0 Å². The van der Waals surface area contributed by atoms with Gasteiger partial charge in [0.1, 0.15) is 11.9 Å². The van der Waals surface area contributed by atoms with Crippen molar-refractivity contribution in [2.24, 2.45) is 0 Å². The zero-order valence-electron chi connectivity index (χ0n) is 8.60. The second kappa shape index (κ2) is 5.11. The number of anilines is 2. The van der Waals surface area contributed by atoms with Gasteiger partial charge in [-0.3, -0.25) is 0 Å². The molecule has 0 aromatic heterocycles. The van der Waals surface area contributed by atoms with E-state index in [0.717, 1.165) is 12.1 Å². The fraction of sp³-hybridized carbons (Fsp3) is 0.400. The monoisotopic (exact) mass is 230 g/mol. The van der Waals surface area contributed by atoms with E-state index in [2.05, 4.69) is 0 Å². The van der Waals surface area contributed by atoms with Crippen LogP contribution in [0.2, 0.25) is 0 Å². The van der Waals surface area contributed by atoms with E-state index in [0.29, 0.717) is 0 Å². The second-order valence-corrected chi connectivity index (χ2v) is 3.52. The van der Waals surface area contributed by atoms with Crippen molar-refractivity contribution in [3.63, 3.8) is 0 Å². The first-order valence-corrected chi connectivity index (χ1v) is 4.78. The molecule has 16 heavy (non-hydrogen) atoms. The number of aliphatic hydroxyl groups is 3. The van der Waals surface area contributed by atoms with Crippen molar-refractivity contribution < 1.29 is 19.7 Å². The van der Waals surface area contributed by atoms with Crippen LogP contribution in [0.3, 0.4) is 0 Å². The number of benzene rings is 1. The lowest BCUT2D eigenvalue weighted by molar-refractivity contribution is 0.00450. The van der Waals surface area contributed by atoms with Crippen LogP contribution >= 0.6 is 0 Å². The Morgan fingerprint density at radius 2 is 1.88 bits per heavy atom. The molecule has 6 heteroatoms. The topological polar surface area (TPSA) is 113 Å². The van der Waals surface area contributed by atoms with Crippen molar-refractivity contribution in [2.75, 3.05) is 18.1 Å². The molecule has 0 radical (unpaired) electrons. The average Bonchev–Trinajstić information content (AvgIpc) is 2.22. The summed E-state index contributed by atoms with van der Waals surface area (Å²) in [5.41, 5.74) is 11.1. The highest BCUT2D eigenvalue weighted by Crippen LogP contribution is 2.29. The third kappa shape index (κ3) is 2.60. The molecule has 0 fully saturated rings. The minimum absolute atomic E-state index is 0.00486. The molecular weight excluding hydrogens is 215 g/mol. The Labute approximate surface area is 92.1 Å². The van der Waals surface area contributed by atoms with Gasteiger partial charge in [0.15, 0.2) is 0 Å². The Morgan fingerprint density at radius 3 is 2.44 bits per heavy atom. The highest BCUT2D eigenvalue weighted by molar-refractivity contribution is 5.68. The summed E-state index contributed by atoms with van der Waals surface area (Å²) in [6.45, 7) is -0.289. The predicted octanol–water partition coefficient (Wildman–Crippen LogP) is -0.233. The van der Waals surface area contributed by atoms with Gasteiger partial charge in [0.2, 0.25) is 0 Å². The Morgan fingerprint density at radius 1 is 1.25 bits per heavy atom. The number of aliphatic hydroxyl groups excluding tert-OH is 3. The van der Waals surface area contributed by atoms with E-state index in [1.54, 1.807) is 0 Å². The Bertz CT molecular complexity index is 373. The molecule has 7 N–H and O–H groups in total. The number of nitrogen functional groups attached to an aromatic ring is 2. The van der Waals surface area contributed by atoms with Crippen molar-refractivity contribution in [2.45, 2.75) is 18.6 Å². The van der Waals surface area contributed by atoms with Gasteiger partial charge in [-0.2, -0.15) is 0 Å².